The van der Waals surface area contributed by atoms with Crippen molar-refractivity contribution in [2.24, 2.45) is 5.73 Å². The number of primary amides is 1. The number of nitrogens with one attached hydrogen (secondary N) is 2. The van der Waals surface area contributed by atoms with Crippen molar-refractivity contribution in [3.8, 4) is 0 Å². The van der Waals surface area contributed by atoms with E-state index in [2.05, 4.69) is 20.9 Å². The van der Waals surface area contributed by atoms with E-state index in [0.717, 1.165) is 12.1 Å². The molecular weight excluding hydrogens is 346 g/mol. The Kier molecular flexibility index (Phi) is 5.21. The van der Waals surface area contributed by atoms with Crippen LogP contribution in [0, 0.1) is 11.6 Å². The van der Waals surface area contributed by atoms with Crippen molar-refractivity contribution in [3.05, 3.63) is 47.3 Å². The van der Waals surface area contributed by atoms with Gasteiger partial charge in [-0.2, -0.15) is 0 Å². The van der Waals surface area contributed by atoms with E-state index >= 15 is 0 Å². The maximum absolute atomic E-state index is 13.6. The Hall–Kier alpha value is -2.88. The number of nitrogens with zero attached hydrogens (tertiary/aromatic N) is 3. The normalized spacial score (nSPS) is 19.9. The van der Waals surface area contributed by atoms with Gasteiger partial charge in [0.25, 0.3) is 5.91 Å². The van der Waals surface area contributed by atoms with Gasteiger partial charge >= 0.3 is 0 Å². The Bertz CT molecular complexity index is 825. The first kappa shape index (κ1) is 17.9. The second-order valence-corrected chi connectivity index (χ2v) is 6.12. The zero-order chi connectivity index (χ0) is 18.7. The predicted octanol–water partition coefficient (Wildman–Crippen LogP) is -0.0829. The van der Waals surface area contributed by atoms with Gasteiger partial charge < -0.3 is 16.4 Å². The number of carbonyl (C=O) groups excluding carboxylic acids is 2. The van der Waals surface area contributed by atoms with Crippen LogP contribution in [0.2, 0.25) is 0 Å². The summed E-state index contributed by atoms with van der Waals surface area (Å²) < 4.78 is 27.9. The number of aromatic nitrogens is 3. The second kappa shape index (κ2) is 7.56. The monoisotopic (exact) mass is 364 g/mol. The molecule has 1 aromatic heterocycles. The van der Waals surface area contributed by atoms with Crippen LogP contribution in [0.5, 0.6) is 0 Å². The average Bonchev–Trinajstić information content (AvgIpc) is 3.06. The van der Waals surface area contributed by atoms with Crippen LogP contribution in [0.3, 0.4) is 0 Å². The largest absolute Gasteiger partial charge is 0.368 e. The zero-order valence-corrected chi connectivity index (χ0v) is 13.8. The van der Waals surface area contributed by atoms with Crippen molar-refractivity contribution in [2.75, 3.05) is 13.1 Å². The van der Waals surface area contributed by atoms with E-state index in [1.165, 1.54) is 16.9 Å². The van der Waals surface area contributed by atoms with Crippen molar-refractivity contribution in [1.29, 1.82) is 0 Å². The molecule has 0 saturated carbocycles. The van der Waals surface area contributed by atoms with Gasteiger partial charge in [-0.15, -0.1) is 5.10 Å². The van der Waals surface area contributed by atoms with Crippen LogP contribution in [-0.2, 0) is 11.3 Å². The van der Waals surface area contributed by atoms with E-state index in [1.54, 1.807) is 0 Å². The van der Waals surface area contributed by atoms with Crippen molar-refractivity contribution < 1.29 is 18.4 Å². The lowest BCUT2D eigenvalue weighted by Crippen LogP contribution is -2.50. The van der Waals surface area contributed by atoms with Crippen LogP contribution in [0.4, 0.5) is 8.78 Å². The Morgan fingerprint density at radius 1 is 1.35 bits per heavy atom. The summed E-state index contributed by atoms with van der Waals surface area (Å²) in [6.07, 6.45) is 1.98. The number of benzene rings is 1. The van der Waals surface area contributed by atoms with Gasteiger partial charge in [0.1, 0.15) is 6.54 Å². The molecule has 2 aromatic rings. The number of halogens is 2. The molecule has 26 heavy (non-hydrogen) atoms. The van der Waals surface area contributed by atoms with E-state index in [9.17, 15) is 18.4 Å². The lowest BCUT2D eigenvalue weighted by atomic mass is 9.86. The van der Waals surface area contributed by atoms with Gasteiger partial charge in [-0.3, -0.25) is 9.59 Å². The van der Waals surface area contributed by atoms with E-state index in [0.29, 0.717) is 25.1 Å². The highest BCUT2D eigenvalue weighted by atomic mass is 19.2. The first-order chi connectivity index (χ1) is 12.4. The third-order valence-corrected chi connectivity index (χ3v) is 4.26. The zero-order valence-electron chi connectivity index (χ0n) is 13.8. The number of hydrogen-bond donors (Lipinski definition) is 3. The maximum atomic E-state index is 13.6. The van der Waals surface area contributed by atoms with Gasteiger partial charge in [0, 0.05) is 18.5 Å². The molecule has 8 nitrogen and oxygen atoms in total. The van der Waals surface area contributed by atoms with Crippen molar-refractivity contribution in [1.82, 2.24) is 25.6 Å². The topological polar surface area (TPSA) is 115 Å². The molecule has 0 bridgehead atoms. The van der Waals surface area contributed by atoms with Crippen LogP contribution in [0.1, 0.15) is 28.4 Å². The molecule has 0 spiro atoms. The quantitative estimate of drug-likeness (QED) is 0.686. The Balaban J connectivity index is 1.73. The summed E-state index contributed by atoms with van der Waals surface area (Å²) >= 11 is 0. The third kappa shape index (κ3) is 4.02. The van der Waals surface area contributed by atoms with E-state index in [1.807, 2.05) is 0 Å². The van der Waals surface area contributed by atoms with E-state index < -0.39 is 23.4 Å². The highest BCUT2D eigenvalue weighted by Crippen LogP contribution is 2.27. The van der Waals surface area contributed by atoms with Crippen LogP contribution in [-0.4, -0.2) is 45.9 Å². The molecular formula is C16H18F2N6O2. The maximum Gasteiger partial charge on any atom is 0.273 e. The summed E-state index contributed by atoms with van der Waals surface area (Å²) in [4.78, 5) is 23.3. The second-order valence-electron chi connectivity index (χ2n) is 6.12. The molecule has 4 N–H and O–H groups in total. The van der Waals surface area contributed by atoms with Crippen molar-refractivity contribution in [3.63, 3.8) is 0 Å². The molecule has 10 heteroatoms. The molecule has 0 radical (unpaired) electrons. The molecule has 2 heterocycles. The summed E-state index contributed by atoms with van der Waals surface area (Å²) in [5, 5.41) is 13.4. The molecule has 3 rings (SSSR count). The third-order valence-electron chi connectivity index (χ3n) is 4.26. The summed E-state index contributed by atoms with van der Waals surface area (Å²) in [5.74, 6) is -3.07. The minimum Gasteiger partial charge on any atom is -0.368 e. The smallest absolute Gasteiger partial charge is 0.273 e. The van der Waals surface area contributed by atoms with E-state index in [4.69, 9.17) is 5.73 Å². The van der Waals surface area contributed by atoms with Crippen LogP contribution in [0.15, 0.2) is 24.4 Å². The number of nitrogens with two attached hydrogens (primary N) is 1. The fraction of sp³-hybridized carbons (Fsp3) is 0.375. The Morgan fingerprint density at radius 2 is 2.15 bits per heavy atom. The number of hydrogen-bond acceptors (Lipinski definition) is 5. The number of rotatable bonds is 5. The molecule has 1 aliphatic rings. The van der Waals surface area contributed by atoms with Gasteiger partial charge in [-0.25, -0.2) is 13.5 Å². The van der Waals surface area contributed by atoms with Crippen molar-refractivity contribution in [2.45, 2.75) is 24.9 Å². The predicted molar refractivity (Wildman–Crippen MR) is 87.1 cm³/mol. The Labute approximate surface area is 147 Å². The molecule has 1 aromatic carbocycles. The minimum absolute atomic E-state index is 0.0425. The summed E-state index contributed by atoms with van der Waals surface area (Å²) in [5.41, 5.74) is 5.73. The van der Waals surface area contributed by atoms with Gasteiger partial charge in [0.15, 0.2) is 17.3 Å². The lowest BCUT2D eigenvalue weighted by molar-refractivity contribution is -0.118. The molecule has 138 valence electrons. The van der Waals surface area contributed by atoms with Gasteiger partial charge in [0.2, 0.25) is 5.91 Å². The fourth-order valence-electron chi connectivity index (χ4n) is 3.03. The SMILES string of the molecule is NC(=O)Cn1cc(C(=O)NC2CNCCC2c2ccc(F)c(F)c2)nn1. The number of carbonyl (C=O) groups is 2. The van der Waals surface area contributed by atoms with Crippen LogP contribution in [0.25, 0.3) is 0 Å². The van der Waals surface area contributed by atoms with E-state index in [-0.39, 0.29) is 24.2 Å². The highest BCUT2D eigenvalue weighted by Gasteiger charge is 2.29. The number of amides is 2. The molecule has 2 unspecified atom stereocenters. The minimum atomic E-state index is -0.916. The summed E-state index contributed by atoms with van der Waals surface area (Å²) in [6.45, 7) is 0.998. The van der Waals surface area contributed by atoms with Crippen LogP contribution >= 0.6 is 0 Å². The average molecular weight is 364 g/mol. The fourth-order valence-corrected chi connectivity index (χ4v) is 3.03. The Morgan fingerprint density at radius 3 is 2.88 bits per heavy atom. The van der Waals surface area contributed by atoms with Gasteiger partial charge in [-0.05, 0) is 30.7 Å². The first-order valence-corrected chi connectivity index (χ1v) is 8.09. The first-order valence-electron chi connectivity index (χ1n) is 8.09. The molecule has 2 atom stereocenters. The molecule has 0 aliphatic carbocycles. The highest BCUT2D eigenvalue weighted by molar-refractivity contribution is 5.92. The molecule has 2 amide bonds. The van der Waals surface area contributed by atoms with Gasteiger partial charge in [-0.1, -0.05) is 11.3 Å². The van der Waals surface area contributed by atoms with Gasteiger partial charge in [0.05, 0.1) is 6.20 Å². The molecule has 1 aliphatic heterocycles. The number of piperidine rings is 1. The summed E-state index contributed by atoms with van der Waals surface area (Å²) in [6, 6.07) is 3.44. The standard InChI is InChI=1S/C16H18F2N6O2/c17-11-2-1-9(5-12(11)18)10-3-4-20-6-13(10)21-16(26)14-7-24(23-22-14)8-15(19)25/h1-2,5,7,10,13,20H,3-4,6,8H2,(H2,19,25)(H,21,26). The molecule has 1 saturated heterocycles. The molecule has 1 fully saturated rings. The van der Waals surface area contributed by atoms with Crippen molar-refractivity contribution >= 4 is 11.8 Å². The summed E-state index contributed by atoms with van der Waals surface area (Å²) in [7, 11) is 0. The van der Waals surface area contributed by atoms with Crippen LogP contribution < -0.4 is 16.4 Å². The lowest BCUT2D eigenvalue weighted by Gasteiger charge is -2.33.